The second-order valence-electron chi connectivity index (χ2n) is 6.45. The summed E-state index contributed by atoms with van der Waals surface area (Å²) in [4.78, 5) is 9.73. The summed E-state index contributed by atoms with van der Waals surface area (Å²) in [6.45, 7) is 12.6. The minimum atomic E-state index is -2.61. The Morgan fingerprint density at radius 1 is 1.35 bits per heavy atom. The van der Waals surface area contributed by atoms with Gasteiger partial charge in [-0.2, -0.15) is 0 Å². The summed E-state index contributed by atoms with van der Waals surface area (Å²) in [6, 6.07) is 0.991. The van der Waals surface area contributed by atoms with Crippen LogP contribution in [0.4, 0.5) is 0 Å². The molecule has 3 atom stereocenters. The first-order valence-electron chi connectivity index (χ1n) is 7.63. The Labute approximate surface area is 132 Å². The molecule has 0 aliphatic heterocycles. The van der Waals surface area contributed by atoms with Crippen molar-refractivity contribution in [3.8, 4) is 0 Å². The van der Waals surface area contributed by atoms with Crippen LogP contribution >= 0.6 is 11.6 Å². The fourth-order valence-corrected chi connectivity index (χ4v) is 7.21. The molecule has 0 radical (unpaired) electrons. The molecule has 0 aromatic carbocycles. The molecule has 0 bridgehead atoms. The highest BCUT2D eigenvalue weighted by atomic mass is 35.5. The van der Waals surface area contributed by atoms with Gasteiger partial charge in [0.15, 0.2) is 8.32 Å². The first-order chi connectivity index (χ1) is 9.14. The van der Waals surface area contributed by atoms with Crippen molar-refractivity contribution in [3.05, 3.63) is 0 Å². The van der Waals surface area contributed by atoms with Gasteiger partial charge in [0.1, 0.15) is 0 Å². The monoisotopic (exact) mass is 338 g/mol. The Hall–Kier alpha value is 0.284. The zero-order valence-corrected chi connectivity index (χ0v) is 16.6. The molecule has 1 N–H and O–H groups in total. The number of hydrogen-bond donors (Lipinski definition) is 1. The lowest BCUT2D eigenvalue weighted by molar-refractivity contribution is 0.00802. The van der Waals surface area contributed by atoms with Crippen molar-refractivity contribution < 1.29 is 13.7 Å². The lowest BCUT2D eigenvalue weighted by Gasteiger charge is -2.45. The van der Waals surface area contributed by atoms with Crippen molar-refractivity contribution in [3.63, 3.8) is 0 Å². The van der Waals surface area contributed by atoms with Gasteiger partial charge in [-0.25, -0.2) is 0 Å². The van der Waals surface area contributed by atoms with Gasteiger partial charge in [-0.3, -0.25) is 0 Å². The van der Waals surface area contributed by atoms with Crippen LogP contribution in [0, 0.1) is 5.92 Å². The van der Waals surface area contributed by atoms with E-state index < -0.39 is 22.8 Å². The largest absolute Gasteiger partial charge is 0.539 e. The van der Waals surface area contributed by atoms with Crippen LogP contribution in [0.15, 0.2) is 0 Å². The summed E-state index contributed by atoms with van der Waals surface area (Å²) < 4.78 is 18.3. The third kappa shape index (κ3) is 5.58. The van der Waals surface area contributed by atoms with Crippen molar-refractivity contribution in [2.75, 3.05) is 5.88 Å². The normalized spacial score (nSPS) is 18.4. The van der Waals surface area contributed by atoms with Crippen molar-refractivity contribution in [2.24, 2.45) is 5.92 Å². The van der Waals surface area contributed by atoms with E-state index >= 15 is 0 Å². The van der Waals surface area contributed by atoms with Crippen LogP contribution in [-0.2, 0) is 8.89 Å². The third-order valence-electron chi connectivity index (χ3n) is 4.40. The quantitative estimate of drug-likeness (QED) is 0.476. The van der Waals surface area contributed by atoms with Gasteiger partial charge in [-0.1, -0.05) is 27.2 Å². The van der Waals surface area contributed by atoms with Gasteiger partial charge in [0.2, 0.25) is 0 Å². The smallest absolute Gasteiger partial charge is 0.506 e. The maximum Gasteiger partial charge on any atom is 0.506 e. The van der Waals surface area contributed by atoms with E-state index in [1.54, 1.807) is 0 Å². The predicted octanol–water partition coefficient (Wildman–Crippen LogP) is 4.33. The average Bonchev–Trinajstić information content (AvgIpc) is 2.34. The van der Waals surface area contributed by atoms with Crippen molar-refractivity contribution >= 4 is 28.8 Å². The molecular formula is C14H31ClO3Si2. The van der Waals surface area contributed by atoms with Gasteiger partial charge in [-0.05, 0) is 44.8 Å². The summed E-state index contributed by atoms with van der Waals surface area (Å²) in [5.74, 6) is 0.907. The van der Waals surface area contributed by atoms with E-state index in [9.17, 15) is 9.26 Å². The van der Waals surface area contributed by atoms with Gasteiger partial charge in [-0.15, -0.1) is 11.6 Å². The molecule has 0 amide bonds. The van der Waals surface area contributed by atoms with Crippen LogP contribution in [0.3, 0.4) is 0 Å². The SMILES string of the molecule is CCC(C)C(C)(O[Si](C)(C)CCCCl)C(CC)[Si](=O)O. The summed E-state index contributed by atoms with van der Waals surface area (Å²) in [5.41, 5.74) is -0.790. The van der Waals surface area contributed by atoms with E-state index in [0.29, 0.717) is 12.3 Å². The van der Waals surface area contributed by atoms with E-state index in [0.717, 1.165) is 18.9 Å². The average molecular weight is 339 g/mol. The van der Waals surface area contributed by atoms with E-state index in [-0.39, 0.29) is 11.5 Å². The van der Waals surface area contributed by atoms with E-state index in [1.807, 2.05) is 13.8 Å². The minimum Gasteiger partial charge on any atom is -0.539 e. The van der Waals surface area contributed by atoms with Gasteiger partial charge in [0, 0.05) is 5.88 Å². The van der Waals surface area contributed by atoms with Crippen LogP contribution in [0.1, 0.15) is 47.0 Å². The molecule has 0 heterocycles. The first-order valence-corrected chi connectivity index (χ1v) is 12.7. The van der Waals surface area contributed by atoms with E-state index in [1.165, 1.54) is 0 Å². The third-order valence-corrected chi connectivity index (χ3v) is 8.79. The Bertz CT molecular complexity index is 313. The van der Waals surface area contributed by atoms with Crippen LogP contribution in [-0.4, -0.2) is 33.5 Å². The summed E-state index contributed by atoms with van der Waals surface area (Å²) in [6.07, 6.45) is 2.57. The van der Waals surface area contributed by atoms with Gasteiger partial charge < -0.3 is 13.7 Å². The highest BCUT2D eigenvalue weighted by molar-refractivity contribution is 6.71. The lowest BCUT2D eigenvalue weighted by Crippen LogP contribution is -2.51. The minimum absolute atomic E-state index is 0.260. The molecule has 3 nitrogen and oxygen atoms in total. The molecule has 3 unspecified atom stereocenters. The molecule has 120 valence electrons. The van der Waals surface area contributed by atoms with Crippen LogP contribution < -0.4 is 0 Å². The molecular weight excluding hydrogens is 308 g/mol. The maximum atomic E-state index is 11.8. The molecule has 0 aliphatic carbocycles. The second kappa shape index (κ2) is 8.66. The summed E-state index contributed by atoms with van der Waals surface area (Å²) in [5, 5.41) is 0. The first kappa shape index (κ1) is 20.3. The Kier molecular flexibility index (Phi) is 8.78. The highest BCUT2D eigenvalue weighted by Crippen LogP contribution is 2.41. The molecule has 0 saturated heterocycles. The zero-order valence-electron chi connectivity index (χ0n) is 13.8. The van der Waals surface area contributed by atoms with Crippen LogP contribution in [0.25, 0.3) is 0 Å². The molecule has 0 aromatic heterocycles. The molecule has 0 rings (SSSR count). The molecule has 20 heavy (non-hydrogen) atoms. The molecule has 0 spiro atoms. The molecule has 6 heteroatoms. The number of halogens is 1. The molecule has 0 aromatic rings. The Balaban J connectivity index is 5.28. The van der Waals surface area contributed by atoms with Gasteiger partial charge in [0.25, 0.3) is 0 Å². The Morgan fingerprint density at radius 3 is 2.25 bits per heavy atom. The second-order valence-corrected chi connectivity index (χ2v) is 12.4. The number of alkyl halides is 1. The summed E-state index contributed by atoms with van der Waals surface area (Å²) in [7, 11) is -4.49. The molecule has 0 fully saturated rings. The fraction of sp³-hybridized carbons (Fsp3) is 1.00. The van der Waals surface area contributed by atoms with Gasteiger partial charge >= 0.3 is 8.93 Å². The highest BCUT2D eigenvalue weighted by Gasteiger charge is 2.47. The topological polar surface area (TPSA) is 46.5 Å². The standard InChI is InChI=1S/C14H31ClO3Si2/c1-7-12(3)14(4,13(8-2)19(16)17)18-20(5,6)11-9-10-15/h12-13,16H,7-11H2,1-6H3. The van der Waals surface area contributed by atoms with E-state index in [4.69, 9.17) is 16.0 Å². The van der Waals surface area contributed by atoms with E-state index in [2.05, 4.69) is 26.9 Å². The van der Waals surface area contributed by atoms with Crippen molar-refractivity contribution in [1.29, 1.82) is 0 Å². The van der Waals surface area contributed by atoms with Crippen molar-refractivity contribution in [2.45, 2.75) is 77.2 Å². The Morgan fingerprint density at radius 2 is 1.90 bits per heavy atom. The fourth-order valence-electron chi connectivity index (χ4n) is 2.88. The maximum absolute atomic E-state index is 11.8. The number of hydrogen-bond acceptors (Lipinski definition) is 2. The predicted molar refractivity (Wildman–Crippen MR) is 89.3 cm³/mol. The molecule has 0 saturated carbocycles. The van der Waals surface area contributed by atoms with Crippen LogP contribution in [0.2, 0.25) is 24.7 Å². The van der Waals surface area contributed by atoms with Crippen molar-refractivity contribution in [1.82, 2.24) is 0 Å². The lowest BCUT2D eigenvalue weighted by atomic mass is 9.84. The number of rotatable bonds is 10. The summed E-state index contributed by atoms with van der Waals surface area (Å²) >= 11 is 5.79. The van der Waals surface area contributed by atoms with Crippen LogP contribution in [0.5, 0.6) is 0 Å². The zero-order chi connectivity index (χ0) is 16.0. The molecule has 0 aliphatic rings. The van der Waals surface area contributed by atoms with Gasteiger partial charge in [0.05, 0.1) is 11.1 Å².